The van der Waals surface area contributed by atoms with Crippen LogP contribution in [0, 0.1) is 5.92 Å². The molecular formula is C13H26ClN3O3S. The Morgan fingerprint density at radius 3 is 2.67 bits per heavy atom. The van der Waals surface area contributed by atoms with Crippen molar-refractivity contribution in [2.75, 3.05) is 32.4 Å². The molecule has 0 radical (unpaired) electrons. The van der Waals surface area contributed by atoms with Crippen LogP contribution in [0.4, 0.5) is 0 Å². The van der Waals surface area contributed by atoms with Crippen LogP contribution in [0.2, 0.25) is 0 Å². The minimum atomic E-state index is -3.20. The summed E-state index contributed by atoms with van der Waals surface area (Å²) in [5.41, 5.74) is 0. The Balaban J connectivity index is 0.00000220. The van der Waals surface area contributed by atoms with Crippen LogP contribution in [-0.4, -0.2) is 57.7 Å². The first-order valence-corrected chi connectivity index (χ1v) is 9.32. The van der Waals surface area contributed by atoms with E-state index in [9.17, 15) is 13.2 Å². The predicted molar refractivity (Wildman–Crippen MR) is 85.0 cm³/mol. The first kappa shape index (κ1) is 18.7. The van der Waals surface area contributed by atoms with Gasteiger partial charge in [0.15, 0.2) is 0 Å². The maximum atomic E-state index is 12.6. The molecule has 2 unspecified atom stereocenters. The van der Waals surface area contributed by atoms with Gasteiger partial charge < -0.3 is 10.2 Å². The fourth-order valence-corrected chi connectivity index (χ4v) is 3.54. The number of amides is 1. The van der Waals surface area contributed by atoms with Gasteiger partial charge in [0.25, 0.3) is 0 Å². The lowest BCUT2D eigenvalue weighted by Gasteiger charge is -2.38. The molecule has 2 heterocycles. The van der Waals surface area contributed by atoms with E-state index >= 15 is 0 Å². The van der Waals surface area contributed by atoms with Gasteiger partial charge in [-0.05, 0) is 38.6 Å². The number of likely N-dealkylation sites (tertiary alicyclic amines) is 1. The lowest BCUT2D eigenvalue weighted by molar-refractivity contribution is -0.139. The summed E-state index contributed by atoms with van der Waals surface area (Å²) < 4.78 is 25.0. The molecule has 0 aromatic rings. The fourth-order valence-electron chi connectivity index (χ4n) is 3.05. The lowest BCUT2D eigenvalue weighted by Crippen LogP contribution is -2.53. The molecule has 0 spiro atoms. The topological polar surface area (TPSA) is 78.5 Å². The highest BCUT2D eigenvalue weighted by Gasteiger charge is 2.32. The van der Waals surface area contributed by atoms with Crippen molar-refractivity contribution in [3.63, 3.8) is 0 Å². The van der Waals surface area contributed by atoms with Crippen LogP contribution in [0.25, 0.3) is 0 Å². The fraction of sp³-hybridized carbons (Fsp3) is 0.923. The van der Waals surface area contributed by atoms with E-state index in [0.717, 1.165) is 58.0 Å². The molecule has 6 nitrogen and oxygen atoms in total. The Morgan fingerprint density at radius 1 is 1.29 bits per heavy atom. The van der Waals surface area contributed by atoms with E-state index in [1.807, 2.05) is 4.90 Å². The van der Waals surface area contributed by atoms with Gasteiger partial charge in [-0.15, -0.1) is 12.4 Å². The van der Waals surface area contributed by atoms with E-state index in [1.54, 1.807) is 0 Å². The monoisotopic (exact) mass is 339 g/mol. The van der Waals surface area contributed by atoms with Crippen LogP contribution in [0.1, 0.15) is 32.1 Å². The van der Waals surface area contributed by atoms with E-state index in [-0.39, 0.29) is 30.3 Å². The van der Waals surface area contributed by atoms with Crippen LogP contribution in [0.5, 0.6) is 0 Å². The number of carbonyl (C=O) groups is 1. The molecule has 8 heteroatoms. The average molecular weight is 340 g/mol. The van der Waals surface area contributed by atoms with Crippen LogP contribution < -0.4 is 10.0 Å². The zero-order valence-electron chi connectivity index (χ0n) is 12.5. The summed E-state index contributed by atoms with van der Waals surface area (Å²) in [6.45, 7) is 2.83. The Morgan fingerprint density at radius 2 is 2.05 bits per heavy atom. The summed E-state index contributed by atoms with van der Waals surface area (Å²) in [4.78, 5) is 14.5. The van der Waals surface area contributed by atoms with E-state index < -0.39 is 10.0 Å². The number of sulfonamides is 1. The van der Waals surface area contributed by atoms with Crippen molar-refractivity contribution in [1.82, 2.24) is 14.9 Å². The van der Waals surface area contributed by atoms with Crippen molar-refractivity contribution < 1.29 is 13.2 Å². The Hall–Kier alpha value is -0.370. The van der Waals surface area contributed by atoms with Gasteiger partial charge >= 0.3 is 0 Å². The van der Waals surface area contributed by atoms with Crippen molar-refractivity contribution in [3.05, 3.63) is 0 Å². The lowest BCUT2D eigenvalue weighted by atomic mass is 9.94. The number of nitrogens with one attached hydrogen (secondary N) is 2. The average Bonchev–Trinajstić information content (AvgIpc) is 2.45. The molecule has 2 rings (SSSR count). The van der Waals surface area contributed by atoms with E-state index in [2.05, 4.69) is 10.0 Å². The van der Waals surface area contributed by atoms with E-state index in [4.69, 9.17) is 0 Å². The summed E-state index contributed by atoms with van der Waals surface area (Å²) in [6.07, 6.45) is 6.09. The third-order valence-corrected chi connectivity index (χ3v) is 4.83. The smallest absolute Gasteiger partial charge is 0.227 e. The molecule has 2 aliphatic rings. The van der Waals surface area contributed by atoms with Crippen LogP contribution in [-0.2, 0) is 14.8 Å². The largest absolute Gasteiger partial charge is 0.338 e. The van der Waals surface area contributed by atoms with Gasteiger partial charge in [-0.1, -0.05) is 0 Å². The second-order valence-electron chi connectivity index (χ2n) is 5.85. The molecule has 2 saturated heterocycles. The van der Waals surface area contributed by atoms with Crippen molar-refractivity contribution in [2.45, 2.75) is 38.1 Å². The van der Waals surface area contributed by atoms with Crippen LogP contribution in [0.3, 0.4) is 0 Å². The van der Waals surface area contributed by atoms with Gasteiger partial charge in [-0.25, -0.2) is 13.1 Å². The SMILES string of the molecule is CS(=O)(=O)NCC1CCCCN1C(=O)C1CCCNC1.Cl. The number of halogens is 1. The highest BCUT2D eigenvalue weighted by Crippen LogP contribution is 2.21. The molecule has 2 fully saturated rings. The number of hydrogen-bond donors (Lipinski definition) is 2. The Kier molecular flexibility index (Phi) is 7.39. The van der Waals surface area contributed by atoms with Gasteiger partial charge in [0.1, 0.15) is 0 Å². The first-order valence-electron chi connectivity index (χ1n) is 7.43. The van der Waals surface area contributed by atoms with Crippen molar-refractivity contribution in [2.24, 2.45) is 5.92 Å². The molecule has 0 aromatic heterocycles. The number of piperidine rings is 2. The molecule has 0 bridgehead atoms. The molecular weight excluding hydrogens is 314 g/mol. The molecule has 0 aromatic carbocycles. The van der Waals surface area contributed by atoms with E-state index in [1.165, 1.54) is 0 Å². The molecule has 1 amide bonds. The van der Waals surface area contributed by atoms with Gasteiger partial charge in [-0.2, -0.15) is 0 Å². The third kappa shape index (κ3) is 5.73. The number of carbonyl (C=O) groups excluding carboxylic acids is 1. The van der Waals surface area contributed by atoms with Crippen molar-refractivity contribution >= 4 is 28.3 Å². The van der Waals surface area contributed by atoms with Crippen molar-refractivity contribution in [3.8, 4) is 0 Å². The second kappa shape index (κ2) is 8.31. The molecule has 21 heavy (non-hydrogen) atoms. The Labute approximate surface area is 133 Å². The molecule has 0 saturated carbocycles. The summed E-state index contributed by atoms with van der Waals surface area (Å²) in [7, 11) is -3.20. The normalized spacial score (nSPS) is 27.0. The molecule has 0 aliphatic carbocycles. The predicted octanol–water partition coefficient (Wildman–Crippen LogP) is 0.338. The third-order valence-electron chi connectivity index (χ3n) is 4.14. The Bertz CT molecular complexity index is 438. The first-order chi connectivity index (χ1) is 9.47. The highest BCUT2D eigenvalue weighted by molar-refractivity contribution is 7.88. The molecule has 2 N–H and O–H groups in total. The highest BCUT2D eigenvalue weighted by atomic mass is 35.5. The minimum Gasteiger partial charge on any atom is -0.338 e. The standard InChI is InChI=1S/C13H25N3O3S.ClH/c1-20(18,19)15-10-12-6-2-3-8-16(12)13(17)11-5-4-7-14-9-11;/h11-12,14-15H,2-10H2,1H3;1H. The number of nitrogens with zero attached hydrogens (tertiary/aromatic N) is 1. The second-order valence-corrected chi connectivity index (χ2v) is 7.68. The van der Waals surface area contributed by atoms with Gasteiger partial charge in [-0.3, -0.25) is 4.79 Å². The zero-order valence-corrected chi connectivity index (χ0v) is 14.1. The maximum Gasteiger partial charge on any atom is 0.227 e. The van der Waals surface area contributed by atoms with Crippen molar-refractivity contribution in [1.29, 1.82) is 0 Å². The van der Waals surface area contributed by atoms with Crippen LogP contribution >= 0.6 is 12.4 Å². The summed E-state index contributed by atoms with van der Waals surface area (Å²) in [5.74, 6) is 0.250. The van der Waals surface area contributed by atoms with E-state index in [0.29, 0.717) is 6.54 Å². The van der Waals surface area contributed by atoms with Gasteiger partial charge in [0.05, 0.1) is 12.2 Å². The van der Waals surface area contributed by atoms with Gasteiger partial charge in [0.2, 0.25) is 15.9 Å². The van der Waals surface area contributed by atoms with Crippen LogP contribution in [0.15, 0.2) is 0 Å². The summed E-state index contributed by atoms with van der Waals surface area (Å²) in [6, 6.07) is 0.00732. The maximum absolute atomic E-state index is 12.6. The minimum absolute atomic E-state index is 0. The number of hydrogen-bond acceptors (Lipinski definition) is 4. The quantitative estimate of drug-likeness (QED) is 0.774. The molecule has 2 aliphatic heterocycles. The molecule has 2 atom stereocenters. The summed E-state index contributed by atoms with van der Waals surface area (Å²) in [5, 5.41) is 3.27. The number of rotatable bonds is 4. The summed E-state index contributed by atoms with van der Waals surface area (Å²) >= 11 is 0. The zero-order chi connectivity index (χ0) is 14.6. The molecule has 124 valence electrons. The van der Waals surface area contributed by atoms with Gasteiger partial charge in [0, 0.05) is 25.7 Å².